The molecule has 126 valence electrons. The van der Waals surface area contributed by atoms with Crippen molar-refractivity contribution >= 4 is 11.7 Å². The van der Waals surface area contributed by atoms with Gasteiger partial charge in [0, 0.05) is 0 Å². The smallest absolute Gasteiger partial charge is 0.326 e. The lowest BCUT2D eigenvalue weighted by molar-refractivity contribution is -0.143. The number of benzene rings is 1. The van der Waals surface area contributed by atoms with Crippen LogP contribution in [0.1, 0.15) is 30.6 Å². The number of carbonyl (C=O) groups excluding carboxylic acids is 1. The van der Waals surface area contributed by atoms with Gasteiger partial charge in [-0.1, -0.05) is 12.1 Å². The molecule has 6 nitrogen and oxygen atoms in total. The maximum Gasteiger partial charge on any atom is 0.326 e. The van der Waals surface area contributed by atoms with Gasteiger partial charge in [0.05, 0.1) is 24.7 Å². The molecule has 7 heteroatoms. The zero-order chi connectivity index (χ0) is 17.1. The summed E-state index contributed by atoms with van der Waals surface area (Å²) < 4.78 is 19.2. The Bertz CT molecular complexity index is 802. The van der Waals surface area contributed by atoms with Crippen LogP contribution in [0.2, 0.25) is 0 Å². The maximum absolute atomic E-state index is 13.1. The third-order valence-electron chi connectivity index (χ3n) is 3.98. The molecule has 0 radical (unpaired) electrons. The monoisotopic (exact) mass is 331 g/mol. The summed E-state index contributed by atoms with van der Waals surface area (Å²) in [5.74, 6) is -0.777. The highest BCUT2D eigenvalue weighted by atomic mass is 19.1. The molecule has 1 aliphatic rings. The van der Waals surface area contributed by atoms with Crippen LogP contribution in [0.25, 0.3) is 0 Å². The van der Waals surface area contributed by atoms with Crippen LogP contribution in [-0.4, -0.2) is 22.1 Å². The van der Waals surface area contributed by atoms with Gasteiger partial charge < -0.3 is 10.1 Å². The van der Waals surface area contributed by atoms with E-state index < -0.39 is 5.97 Å². The summed E-state index contributed by atoms with van der Waals surface area (Å²) in [5.41, 5.74) is 1.67. The van der Waals surface area contributed by atoms with Crippen LogP contribution in [0.5, 0.6) is 0 Å². The van der Waals surface area contributed by atoms with Crippen molar-refractivity contribution in [1.29, 1.82) is 0 Å². The molecule has 3 rings (SSSR count). The van der Waals surface area contributed by atoms with Crippen LogP contribution in [0.4, 0.5) is 10.1 Å². The van der Waals surface area contributed by atoms with E-state index in [0.29, 0.717) is 17.8 Å². The zero-order valence-corrected chi connectivity index (χ0v) is 13.3. The number of nitrogens with zero attached hydrogens (tertiary/aromatic N) is 2. The van der Waals surface area contributed by atoms with Crippen LogP contribution < -0.4 is 10.9 Å². The lowest BCUT2D eigenvalue weighted by atomic mass is 9.96. The molecular formula is C17H18FN3O3. The molecule has 0 saturated carbocycles. The molecule has 2 aromatic rings. The highest BCUT2D eigenvalue weighted by Crippen LogP contribution is 2.29. The van der Waals surface area contributed by atoms with Gasteiger partial charge in [0.2, 0.25) is 0 Å². The Morgan fingerprint density at radius 3 is 2.88 bits per heavy atom. The van der Waals surface area contributed by atoms with Gasteiger partial charge in [-0.3, -0.25) is 14.2 Å². The molecule has 0 aliphatic carbocycles. The summed E-state index contributed by atoms with van der Waals surface area (Å²) in [7, 11) is 0. The predicted molar refractivity (Wildman–Crippen MR) is 86.2 cm³/mol. The molecule has 0 amide bonds. The molecule has 1 aromatic heterocycles. The van der Waals surface area contributed by atoms with Gasteiger partial charge in [-0.2, -0.15) is 0 Å². The van der Waals surface area contributed by atoms with E-state index in [1.165, 1.54) is 23.0 Å². The molecule has 1 atom stereocenters. The van der Waals surface area contributed by atoms with E-state index in [9.17, 15) is 14.0 Å². The summed E-state index contributed by atoms with van der Waals surface area (Å²) in [6.45, 7) is 1.80. The minimum absolute atomic E-state index is 0.0916. The molecule has 24 heavy (non-hydrogen) atoms. The van der Waals surface area contributed by atoms with E-state index in [1.54, 1.807) is 19.1 Å². The Morgan fingerprint density at radius 2 is 2.17 bits per heavy atom. The summed E-state index contributed by atoms with van der Waals surface area (Å²) in [6.07, 6.45) is 2.77. The van der Waals surface area contributed by atoms with Crippen molar-refractivity contribution in [3.8, 4) is 0 Å². The van der Waals surface area contributed by atoms with Crippen LogP contribution in [0.15, 0.2) is 35.4 Å². The second-order valence-electron chi connectivity index (χ2n) is 5.59. The minimum atomic E-state index is -0.479. The first kappa shape index (κ1) is 16.2. The molecule has 0 fully saturated rings. The van der Waals surface area contributed by atoms with Crippen LogP contribution in [0, 0.1) is 5.82 Å². The van der Waals surface area contributed by atoms with Gasteiger partial charge in [0.25, 0.3) is 5.56 Å². The lowest BCUT2D eigenvalue weighted by Crippen LogP contribution is -2.32. The van der Waals surface area contributed by atoms with E-state index in [4.69, 9.17) is 4.74 Å². The fraction of sp³-hybridized carbons (Fsp3) is 0.353. The molecule has 1 N–H and O–H groups in total. The average Bonchev–Trinajstić information content (AvgIpc) is 2.58. The van der Waals surface area contributed by atoms with E-state index in [2.05, 4.69) is 10.3 Å². The third kappa shape index (κ3) is 3.29. The first-order valence-electron chi connectivity index (χ1n) is 7.84. The first-order chi connectivity index (χ1) is 11.6. The molecule has 1 aromatic carbocycles. The van der Waals surface area contributed by atoms with Crippen LogP contribution >= 0.6 is 0 Å². The highest BCUT2D eigenvalue weighted by molar-refractivity contribution is 5.69. The molecule has 1 aliphatic heterocycles. The van der Waals surface area contributed by atoms with E-state index >= 15 is 0 Å². The number of hydrogen-bond donors (Lipinski definition) is 1. The van der Waals surface area contributed by atoms with Gasteiger partial charge in [-0.05, 0) is 37.5 Å². The number of aryl methyl sites for hydroxylation is 1. The van der Waals surface area contributed by atoms with Gasteiger partial charge in [0.1, 0.15) is 18.0 Å². The maximum atomic E-state index is 13.1. The Morgan fingerprint density at radius 1 is 1.42 bits per heavy atom. The number of nitrogens with one attached hydrogen (secondary N) is 1. The number of hydrogen-bond acceptors (Lipinski definition) is 5. The number of anilines is 1. The normalized spacial score (nSPS) is 16.2. The number of carbonyl (C=O) groups is 1. The van der Waals surface area contributed by atoms with Crippen molar-refractivity contribution < 1.29 is 13.9 Å². The van der Waals surface area contributed by atoms with E-state index in [1.807, 2.05) is 0 Å². The van der Waals surface area contributed by atoms with Gasteiger partial charge in [-0.15, -0.1) is 0 Å². The van der Waals surface area contributed by atoms with E-state index in [0.717, 1.165) is 12.0 Å². The van der Waals surface area contributed by atoms with Crippen molar-refractivity contribution in [3.05, 3.63) is 58.0 Å². The van der Waals surface area contributed by atoms with Crippen molar-refractivity contribution in [3.63, 3.8) is 0 Å². The van der Waals surface area contributed by atoms with Crippen molar-refractivity contribution in [2.45, 2.75) is 32.4 Å². The summed E-state index contributed by atoms with van der Waals surface area (Å²) in [6, 6.07) is 6.10. The quantitative estimate of drug-likeness (QED) is 0.868. The van der Waals surface area contributed by atoms with Crippen LogP contribution in [0.3, 0.4) is 0 Å². The molecule has 0 saturated heterocycles. The largest absolute Gasteiger partial charge is 0.465 e. The standard InChI is InChI=1S/C17H18FN3O3/c1-2-24-15(22)9-21-10-19-14-8-7-13(20-16(14)17(21)23)11-3-5-12(18)6-4-11/h3-6,10,13,20H,2,7-9H2,1H3/t13-/m1/s1. The second-order valence-corrected chi connectivity index (χ2v) is 5.59. The minimum Gasteiger partial charge on any atom is -0.465 e. The zero-order valence-electron chi connectivity index (χ0n) is 13.3. The third-order valence-corrected chi connectivity index (χ3v) is 3.98. The summed E-state index contributed by atoms with van der Waals surface area (Å²) in [4.78, 5) is 28.4. The fourth-order valence-electron chi connectivity index (χ4n) is 2.79. The summed E-state index contributed by atoms with van der Waals surface area (Å²) in [5, 5.41) is 3.18. The molecule has 2 heterocycles. The highest BCUT2D eigenvalue weighted by Gasteiger charge is 2.24. The number of fused-ring (bicyclic) bond motifs is 1. The SMILES string of the molecule is CCOC(=O)Cn1cnc2c(c1=O)N[C@@H](c1ccc(F)cc1)CC2. The molecular weight excluding hydrogens is 313 g/mol. The fourth-order valence-corrected chi connectivity index (χ4v) is 2.79. The van der Waals surface area contributed by atoms with Gasteiger partial charge >= 0.3 is 5.97 Å². The lowest BCUT2D eigenvalue weighted by Gasteiger charge is -2.26. The average molecular weight is 331 g/mol. The Balaban J connectivity index is 1.85. The molecule has 0 unspecified atom stereocenters. The number of rotatable bonds is 4. The number of aromatic nitrogens is 2. The number of ether oxygens (including phenoxy) is 1. The summed E-state index contributed by atoms with van der Waals surface area (Å²) >= 11 is 0. The second kappa shape index (κ2) is 6.82. The van der Waals surface area contributed by atoms with Gasteiger partial charge in [0.15, 0.2) is 0 Å². The van der Waals surface area contributed by atoms with Crippen molar-refractivity contribution in [2.75, 3.05) is 11.9 Å². The van der Waals surface area contributed by atoms with E-state index in [-0.39, 0.29) is 30.6 Å². The number of halogens is 1. The molecule has 0 bridgehead atoms. The predicted octanol–water partition coefficient (Wildman–Crippen LogP) is 2.04. The van der Waals surface area contributed by atoms with Crippen LogP contribution in [-0.2, 0) is 22.5 Å². The first-order valence-corrected chi connectivity index (χ1v) is 7.84. The topological polar surface area (TPSA) is 73.2 Å². The van der Waals surface area contributed by atoms with Crippen molar-refractivity contribution in [1.82, 2.24) is 9.55 Å². The Labute approximate surface area is 138 Å². The Kier molecular flexibility index (Phi) is 4.59. The molecule has 0 spiro atoms. The van der Waals surface area contributed by atoms with Crippen molar-refractivity contribution in [2.24, 2.45) is 0 Å². The van der Waals surface area contributed by atoms with Gasteiger partial charge in [-0.25, -0.2) is 9.37 Å². The Hall–Kier alpha value is -2.70. The number of esters is 1.